The van der Waals surface area contributed by atoms with Crippen LogP contribution in [-0.4, -0.2) is 19.3 Å². The third-order valence-corrected chi connectivity index (χ3v) is 7.66. The molecule has 4 aromatic rings. The molecular weight excluding hydrogens is 531 g/mol. The molecule has 0 spiro atoms. The van der Waals surface area contributed by atoms with E-state index in [1.54, 1.807) is 41.5 Å². The van der Waals surface area contributed by atoms with Crippen LogP contribution in [0.25, 0.3) is 0 Å². The van der Waals surface area contributed by atoms with Crippen molar-refractivity contribution in [2.75, 3.05) is 5.32 Å². The maximum absolute atomic E-state index is 13.7. The van der Waals surface area contributed by atoms with Gasteiger partial charge in [-0.05, 0) is 77.1 Å². The number of benzene rings is 3. The molecule has 4 rings (SSSR count). The van der Waals surface area contributed by atoms with Crippen LogP contribution in [0.5, 0.6) is 5.75 Å². The number of carbonyl (C=O) groups excluding carboxylic acids is 1. The van der Waals surface area contributed by atoms with Gasteiger partial charge in [0.15, 0.2) is 0 Å². The van der Waals surface area contributed by atoms with Gasteiger partial charge in [-0.2, -0.15) is 8.42 Å². The number of para-hydroxylation sites is 1. The van der Waals surface area contributed by atoms with E-state index in [0.29, 0.717) is 11.3 Å². The third-order valence-electron chi connectivity index (χ3n) is 6.40. The lowest BCUT2D eigenvalue weighted by atomic mass is 9.93. The fourth-order valence-electron chi connectivity index (χ4n) is 4.36. The SMILES string of the molecule is CC(C)c1cccc(C(C)C)c1NC(=O)N(Cc1cccc(OS(=O)(=O)c2ccc(F)cc2)c1)Cc1ccco1. The van der Waals surface area contributed by atoms with Crippen LogP contribution in [0.4, 0.5) is 14.9 Å². The van der Waals surface area contributed by atoms with E-state index in [9.17, 15) is 17.6 Å². The number of rotatable bonds is 10. The normalized spacial score (nSPS) is 11.6. The number of halogens is 1. The Morgan fingerprint density at radius 1 is 0.900 bits per heavy atom. The minimum atomic E-state index is -4.17. The molecule has 1 N–H and O–H groups in total. The molecule has 0 unspecified atom stereocenters. The van der Waals surface area contributed by atoms with Crippen molar-refractivity contribution in [3.63, 3.8) is 0 Å². The number of nitrogens with zero attached hydrogens (tertiary/aromatic N) is 1. The molecule has 9 heteroatoms. The molecule has 210 valence electrons. The van der Waals surface area contributed by atoms with Crippen LogP contribution in [0.1, 0.15) is 62.0 Å². The Morgan fingerprint density at radius 3 is 2.15 bits per heavy atom. The molecule has 0 saturated carbocycles. The lowest BCUT2D eigenvalue weighted by molar-refractivity contribution is 0.201. The van der Waals surface area contributed by atoms with Crippen molar-refractivity contribution in [3.8, 4) is 5.75 Å². The van der Waals surface area contributed by atoms with Gasteiger partial charge in [0.2, 0.25) is 0 Å². The molecule has 7 nitrogen and oxygen atoms in total. The zero-order chi connectivity index (χ0) is 28.9. The molecule has 0 aliphatic rings. The van der Waals surface area contributed by atoms with Crippen LogP contribution in [0.2, 0.25) is 0 Å². The van der Waals surface area contributed by atoms with Gasteiger partial charge in [-0.25, -0.2) is 9.18 Å². The van der Waals surface area contributed by atoms with Crippen LogP contribution < -0.4 is 9.50 Å². The van der Waals surface area contributed by atoms with Crippen molar-refractivity contribution in [1.82, 2.24) is 4.90 Å². The first-order chi connectivity index (χ1) is 19.0. The van der Waals surface area contributed by atoms with E-state index in [-0.39, 0.29) is 41.6 Å². The van der Waals surface area contributed by atoms with Gasteiger partial charge in [-0.1, -0.05) is 58.0 Å². The Bertz CT molecular complexity index is 1520. The highest BCUT2D eigenvalue weighted by atomic mass is 32.2. The second-order valence-corrected chi connectivity index (χ2v) is 11.7. The number of hydrogen-bond acceptors (Lipinski definition) is 5. The zero-order valence-corrected chi connectivity index (χ0v) is 23.7. The number of hydrogen-bond donors (Lipinski definition) is 1. The molecule has 2 amide bonds. The van der Waals surface area contributed by atoms with E-state index in [0.717, 1.165) is 41.1 Å². The predicted molar refractivity (Wildman–Crippen MR) is 152 cm³/mol. The Labute approximate surface area is 234 Å². The zero-order valence-electron chi connectivity index (χ0n) is 22.9. The summed E-state index contributed by atoms with van der Waals surface area (Å²) in [5.74, 6) is 0.524. The Hall–Kier alpha value is -4.11. The highest BCUT2D eigenvalue weighted by Gasteiger charge is 2.22. The topological polar surface area (TPSA) is 88.9 Å². The van der Waals surface area contributed by atoms with Gasteiger partial charge in [0.1, 0.15) is 22.2 Å². The molecule has 0 fully saturated rings. The first kappa shape index (κ1) is 28.9. The summed E-state index contributed by atoms with van der Waals surface area (Å²) >= 11 is 0. The molecule has 0 aliphatic carbocycles. The number of carbonyl (C=O) groups is 1. The van der Waals surface area contributed by atoms with Gasteiger partial charge in [0.25, 0.3) is 0 Å². The van der Waals surface area contributed by atoms with E-state index in [4.69, 9.17) is 8.60 Å². The van der Waals surface area contributed by atoms with E-state index < -0.39 is 15.9 Å². The number of anilines is 1. The van der Waals surface area contributed by atoms with Gasteiger partial charge < -0.3 is 18.8 Å². The highest BCUT2D eigenvalue weighted by molar-refractivity contribution is 7.87. The molecule has 0 saturated heterocycles. The van der Waals surface area contributed by atoms with Gasteiger partial charge in [0.05, 0.1) is 12.8 Å². The molecule has 3 aromatic carbocycles. The first-order valence-corrected chi connectivity index (χ1v) is 14.4. The molecule has 0 aliphatic heterocycles. The Morgan fingerprint density at radius 2 is 1.55 bits per heavy atom. The highest BCUT2D eigenvalue weighted by Crippen LogP contribution is 2.33. The number of nitrogens with one attached hydrogen (secondary N) is 1. The Balaban J connectivity index is 1.60. The van der Waals surface area contributed by atoms with Gasteiger partial charge in [-0.3, -0.25) is 0 Å². The quantitative estimate of drug-likeness (QED) is 0.200. The summed E-state index contributed by atoms with van der Waals surface area (Å²) < 4.78 is 49.5. The summed E-state index contributed by atoms with van der Waals surface area (Å²) in [5.41, 5.74) is 3.52. The van der Waals surface area contributed by atoms with Crippen molar-refractivity contribution in [2.45, 2.75) is 57.5 Å². The summed E-state index contributed by atoms with van der Waals surface area (Å²) in [5, 5.41) is 3.14. The molecule has 0 radical (unpaired) electrons. The summed E-state index contributed by atoms with van der Waals surface area (Å²) in [6, 6.07) is 20.2. The molecule has 0 atom stereocenters. The van der Waals surface area contributed by atoms with E-state index in [2.05, 4.69) is 33.0 Å². The molecule has 0 bridgehead atoms. The lowest BCUT2D eigenvalue weighted by Gasteiger charge is -2.26. The smallest absolute Gasteiger partial charge is 0.339 e. The molecule has 40 heavy (non-hydrogen) atoms. The lowest BCUT2D eigenvalue weighted by Crippen LogP contribution is -2.34. The second-order valence-electron chi connectivity index (χ2n) is 10.1. The number of amides is 2. The van der Waals surface area contributed by atoms with Crippen molar-refractivity contribution in [2.24, 2.45) is 0 Å². The van der Waals surface area contributed by atoms with Crippen molar-refractivity contribution < 1.29 is 26.2 Å². The van der Waals surface area contributed by atoms with Crippen LogP contribution in [0.15, 0.2) is 94.4 Å². The van der Waals surface area contributed by atoms with E-state index in [1.807, 2.05) is 18.2 Å². The fourth-order valence-corrected chi connectivity index (χ4v) is 5.29. The first-order valence-electron chi connectivity index (χ1n) is 13.0. The van der Waals surface area contributed by atoms with Crippen LogP contribution in [0.3, 0.4) is 0 Å². The van der Waals surface area contributed by atoms with Gasteiger partial charge in [-0.15, -0.1) is 0 Å². The van der Waals surface area contributed by atoms with Crippen molar-refractivity contribution >= 4 is 21.8 Å². The average Bonchev–Trinajstić information content (AvgIpc) is 3.41. The summed E-state index contributed by atoms with van der Waals surface area (Å²) in [6.45, 7) is 8.69. The maximum atomic E-state index is 13.7. The number of urea groups is 1. The van der Waals surface area contributed by atoms with Crippen LogP contribution >= 0.6 is 0 Å². The molecular formula is C31H33FN2O5S. The van der Waals surface area contributed by atoms with Crippen molar-refractivity contribution in [3.05, 3.63) is 113 Å². The summed E-state index contributed by atoms with van der Waals surface area (Å²) in [6.07, 6.45) is 1.55. The minimum absolute atomic E-state index is 0.0763. The number of furan rings is 1. The minimum Gasteiger partial charge on any atom is -0.467 e. The van der Waals surface area contributed by atoms with Crippen LogP contribution in [0, 0.1) is 5.82 Å². The summed E-state index contributed by atoms with van der Waals surface area (Å²) in [4.78, 5) is 15.2. The largest absolute Gasteiger partial charge is 0.467 e. The second kappa shape index (κ2) is 12.4. The third kappa shape index (κ3) is 7.09. The predicted octanol–water partition coefficient (Wildman–Crippen LogP) is 7.67. The van der Waals surface area contributed by atoms with E-state index >= 15 is 0 Å². The van der Waals surface area contributed by atoms with Gasteiger partial charge in [0, 0.05) is 12.2 Å². The van der Waals surface area contributed by atoms with Gasteiger partial charge >= 0.3 is 16.1 Å². The Kier molecular flexibility index (Phi) is 8.94. The maximum Gasteiger partial charge on any atom is 0.339 e. The standard InChI is InChI=1S/C31H33FN2O5S/c1-21(2)28-11-6-12-29(22(3)4)30(28)33-31(35)34(20-26-10-7-17-38-26)19-23-8-5-9-25(18-23)39-40(36,37)27-15-13-24(32)14-16-27/h5-18,21-22H,19-20H2,1-4H3,(H,33,35). The van der Waals surface area contributed by atoms with E-state index in [1.165, 1.54) is 6.07 Å². The monoisotopic (exact) mass is 564 g/mol. The average molecular weight is 565 g/mol. The van der Waals surface area contributed by atoms with Crippen molar-refractivity contribution in [1.29, 1.82) is 0 Å². The fraction of sp³-hybridized carbons (Fsp3) is 0.258. The van der Waals surface area contributed by atoms with Crippen LogP contribution in [-0.2, 0) is 23.2 Å². The molecule has 1 heterocycles. The summed E-state index contributed by atoms with van der Waals surface area (Å²) in [7, 11) is -4.17. The molecule has 1 aromatic heterocycles.